The number of hydrogen-bond acceptors (Lipinski definition) is 6. The Kier molecular flexibility index (Phi) is 8.44. The highest BCUT2D eigenvalue weighted by molar-refractivity contribution is 8.13. The van der Waals surface area contributed by atoms with Crippen LogP contribution in [0.1, 0.15) is 58.8 Å². The zero-order valence-corrected chi connectivity index (χ0v) is 14.9. The Morgan fingerprint density at radius 2 is 2.09 bits per heavy atom. The van der Waals surface area contributed by atoms with E-state index in [1.165, 1.54) is 0 Å². The fourth-order valence-corrected chi connectivity index (χ4v) is 3.38. The van der Waals surface area contributed by atoms with Crippen LogP contribution in [0.15, 0.2) is 0 Å². The number of nitrogens with one attached hydrogen (secondary N) is 1. The van der Waals surface area contributed by atoms with E-state index in [9.17, 15) is 9.59 Å². The van der Waals surface area contributed by atoms with Gasteiger partial charge in [0, 0.05) is 12.2 Å². The van der Waals surface area contributed by atoms with Crippen molar-refractivity contribution in [1.82, 2.24) is 0 Å². The third-order valence-electron chi connectivity index (χ3n) is 4.04. The first-order valence-electron chi connectivity index (χ1n) is 8.31. The number of ether oxygens (including phenoxy) is 2. The van der Waals surface area contributed by atoms with Gasteiger partial charge in [0.2, 0.25) is 0 Å². The summed E-state index contributed by atoms with van der Waals surface area (Å²) in [5.41, 5.74) is 4.14. The third-order valence-corrected chi connectivity index (χ3v) is 4.89. The molecule has 1 aliphatic rings. The van der Waals surface area contributed by atoms with E-state index in [4.69, 9.17) is 20.6 Å². The average molecular weight is 344 g/mol. The number of cyclic esters (lactones) is 1. The van der Waals surface area contributed by atoms with Crippen LogP contribution in [-0.2, 0) is 19.1 Å². The van der Waals surface area contributed by atoms with Crippen LogP contribution in [0.4, 0.5) is 0 Å². The van der Waals surface area contributed by atoms with Crippen molar-refractivity contribution >= 4 is 28.9 Å². The van der Waals surface area contributed by atoms with Crippen LogP contribution in [0.2, 0.25) is 0 Å². The van der Waals surface area contributed by atoms with E-state index >= 15 is 0 Å². The summed E-state index contributed by atoms with van der Waals surface area (Å²) >= 11 is 1.12. The second-order valence-electron chi connectivity index (χ2n) is 5.87. The Morgan fingerprint density at radius 3 is 2.70 bits per heavy atom. The second-order valence-corrected chi connectivity index (χ2v) is 6.94. The molecule has 132 valence electrons. The molecule has 0 radical (unpaired) electrons. The quantitative estimate of drug-likeness (QED) is 0.208. The molecule has 23 heavy (non-hydrogen) atoms. The molecule has 1 aliphatic heterocycles. The fraction of sp³-hybridized carbons (Fsp3) is 0.812. The van der Waals surface area contributed by atoms with Gasteiger partial charge >= 0.3 is 11.9 Å². The Balaban J connectivity index is 2.69. The van der Waals surface area contributed by atoms with E-state index in [0.29, 0.717) is 18.6 Å². The van der Waals surface area contributed by atoms with E-state index < -0.39 is 23.5 Å². The number of hydrogen-bond donors (Lipinski definition) is 2. The van der Waals surface area contributed by atoms with Crippen molar-refractivity contribution in [1.29, 1.82) is 5.41 Å². The summed E-state index contributed by atoms with van der Waals surface area (Å²) in [6.45, 7) is 4.12. The van der Waals surface area contributed by atoms with E-state index in [1.54, 1.807) is 6.92 Å². The number of unbranched alkanes of at least 4 members (excludes halogenated alkanes) is 4. The number of carbonyl (C=O) groups excluding carboxylic acids is 2. The van der Waals surface area contributed by atoms with Crippen molar-refractivity contribution in [2.75, 3.05) is 12.4 Å². The molecule has 7 heteroatoms. The first-order valence-corrected chi connectivity index (χ1v) is 9.30. The molecule has 0 bridgehead atoms. The molecule has 2 atom stereocenters. The standard InChI is InChI=1S/C16H28N2O4S/c1-3-5-6-7-8-9-16(13(19)21-4-2)10-12(22-14(16)20)11-23-15(17)18/h12H,3-11H2,1-2H3,(H3,17,18)/t12-,16-/m1/s1. The molecule has 0 aromatic rings. The summed E-state index contributed by atoms with van der Waals surface area (Å²) in [4.78, 5) is 24.8. The van der Waals surface area contributed by atoms with Crippen LogP contribution in [0.25, 0.3) is 0 Å². The maximum Gasteiger partial charge on any atom is 0.323 e. The minimum Gasteiger partial charge on any atom is -0.465 e. The van der Waals surface area contributed by atoms with Crippen LogP contribution in [0.3, 0.4) is 0 Å². The van der Waals surface area contributed by atoms with Gasteiger partial charge in [-0.05, 0) is 13.3 Å². The normalized spacial score (nSPS) is 23.6. The molecule has 0 amide bonds. The van der Waals surface area contributed by atoms with Crippen molar-refractivity contribution in [2.24, 2.45) is 11.1 Å². The van der Waals surface area contributed by atoms with Crippen LogP contribution < -0.4 is 5.73 Å². The molecule has 0 aromatic carbocycles. The van der Waals surface area contributed by atoms with Gasteiger partial charge in [-0.1, -0.05) is 50.8 Å². The third kappa shape index (κ3) is 5.71. The van der Waals surface area contributed by atoms with E-state index in [2.05, 4.69) is 6.92 Å². The highest BCUT2D eigenvalue weighted by atomic mass is 32.2. The minimum absolute atomic E-state index is 0.0192. The Bertz CT molecular complexity index is 430. The largest absolute Gasteiger partial charge is 0.465 e. The summed E-state index contributed by atoms with van der Waals surface area (Å²) < 4.78 is 10.5. The van der Waals surface area contributed by atoms with Gasteiger partial charge in [0.15, 0.2) is 10.6 Å². The van der Waals surface area contributed by atoms with Gasteiger partial charge in [0.05, 0.1) is 6.61 Å². The van der Waals surface area contributed by atoms with Gasteiger partial charge in [-0.25, -0.2) is 0 Å². The lowest BCUT2D eigenvalue weighted by Crippen LogP contribution is -2.37. The predicted octanol–water partition coefficient (Wildman–Crippen LogP) is 2.84. The Morgan fingerprint density at radius 1 is 1.39 bits per heavy atom. The number of amidine groups is 1. The molecule has 1 rings (SSSR count). The van der Waals surface area contributed by atoms with Gasteiger partial charge in [-0.3, -0.25) is 15.0 Å². The molecule has 0 aliphatic carbocycles. The molecule has 1 heterocycles. The number of nitrogens with two attached hydrogens (primary N) is 1. The maximum atomic E-state index is 12.4. The molecule has 0 saturated carbocycles. The molecule has 1 saturated heterocycles. The molecule has 0 aromatic heterocycles. The predicted molar refractivity (Wildman–Crippen MR) is 91.3 cm³/mol. The fourth-order valence-electron chi connectivity index (χ4n) is 2.83. The molecule has 1 fully saturated rings. The highest BCUT2D eigenvalue weighted by Gasteiger charge is 2.55. The average Bonchev–Trinajstić information content (AvgIpc) is 2.82. The molecule has 3 N–H and O–H groups in total. The van der Waals surface area contributed by atoms with E-state index in [1.807, 2.05) is 0 Å². The molecule has 6 nitrogen and oxygen atoms in total. The van der Waals surface area contributed by atoms with E-state index in [-0.39, 0.29) is 11.8 Å². The van der Waals surface area contributed by atoms with Crippen molar-refractivity contribution in [3.8, 4) is 0 Å². The lowest BCUT2D eigenvalue weighted by molar-refractivity contribution is -0.165. The highest BCUT2D eigenvalue weighted by Crippen LogP contribution is 2.41. The second kappa shape index (κ2) is 9.80. The summed E-state index contributed by atoms with van der Waals surface area (Å²) in [5, 5.41) is 7.22. The van der Waals surface area contributed by atoms with E-state index in [0.717, 1.165) is 43.9 Å². The number of carbonyl (C=O) groups is 2. The smallest absolute Gasteiger partial charge is 0.323 e. The van der Waals surface area contributed by atoms with Crippen molar-refractivity contribution in [3.05, 3.63) is 0 Å². The minimum atomic E-state index is -1.18. The summed E-state index contributed by atoms with van der Waals surface area (Å²) in [5.74, 6) is -0.561. The first-order chi connectivity index (χ1) is 11.0. The Hall–Kier alpha value is -1.24. The summed E-state index contributed by atoms with van der Waals surface area (Å²) in [6, 6.07) is 0. The van der Waals surface area contributed by atoms with Crippen molar-refractivity contribution < 1.29 is 19.1 Å². The van der Waals surface area contributed by atoms with Crippen LogP contribution in [0, 0.1) is 10.8 Å². The number of thioether (sulfide) groups is 1. The van der Waals surface area contributed by atoms with Gasteiger partial charge in [-0.15, -0.1) is 0 Å². The SMILES string of the molecule is CCCCCCC[C@]1(C(=O)OCC)C[C@H](CSC(=N)N)OC1=O. The molecular formula is C16H28N2O4S. The number of esters is 2. The Labute approximate surface area is 142 Å². The topological polar surface area (TPSA) is 102 Å². The van der Waals surface area contributed by atoms with Crippen LogP contribution in [0.5, 0.6) is 0 Å². The van der Waals surface area contributed by atoms with Crippen LogP contribution in [-0.4, -0.2) is 35.6 Å². The van der Waals surface area contributed by atoms with Gasteiger partial charge in [0.25, 0.3) is 0 Å². The molecule has 0 spiro atoms. The maximum absolute atomic E-state index is 12.4. The zero-order chi connectivity index (χ0) is 17.3. The number of rotatable bonds is 10. The molecular weight excluding hydrogens is 316 g/mol. The van der Waals surface area contributed by atoms with Crippen molar-refractivity contribution in [2.45, 2.75) is 64.9 Å². The van der Waals surface area contributed by atoms with Gasteiger partial charge < -0.3 is 15.2 Å². The van der Waals surface area contributed by atoms with Crippen LogP contribution >= 0.6 is 11.8 Å². The van der Waals surface area contributed by atoms with Gasteiger partial charge in [0.1, 0.15) is 6.10 Å². The first kappa shape index (κ1) is 19.8. The lowest BCUT2D eigenvalue weighted by Gasteiger charge is -2.22. The lowest BCUT2D eigenvalue weighted by atomic mass is 9.79. The molecule has 0 unspecified atom stereocenters. The van der Waals surface area contributed by atoms with Gasteiger partial charge in [-0.2, -0.15) is 0 Å². The monoisotopic (exact) mass is 344 g/mol. The van der Waals surface area contributed by atoms with Crippen molar-refractivity contribution in [3.63, 3.8) is 0 Å². The summed E-state index contributed by atoms with van der Waals surface area (Å²) in [7, 11) is 0. The summed E-state index contributed by atoms with van der Waals surface area (Å²) in [6.07, 6.45) is 5.61. The zero-order valence-electron chi connectivity index (χ0n) is 14.1.